The maximum Gasteiger partial charge on any atom is 0.259 e. The summed E-state index contributed by atoms with van der Waals surface area (Å²) in [5.74, 6) is 0.374. The van der Waals surface area contributed by atoms with Crippen LogP contribution in [0.2, 0.25) is 0 Å². The number of anilines is 1. The Labute approximate surface area is 119 Å². The van der Waals surface area contributed by atoms with Crippen LogP contribution in [0.15, 0.2) is 4.79 Å². The second-order valence-electron chi connectivity index (χ2n) is 5.22. The molecule has 2 heterocycles. The van der Waals surface area contributed by atoms with Crippen molar-refractivity contribution in [3.05, 3.63) is 15.9 Å². The Hall–Kier alpha value is -1.56. The number of aromatic hydroxyl groups is 1. The van der Waals surface area contributed by atoms with E-state index in [0.717, 1.165) is 45.6 Å². The lowest BCUT2D eigenvalue weighted by Crippen LogP contribution is -2.47. The minimum Gasteiger partial charge on any atom is -0.493 e. The van der Waals surface area contributed by atoms with E-state index in [1.165, 1.54) is 0 Å². The van der Waals surface area contributed by atoms with Crippen molar-refractivity contribution in [2.24, 2.45) is 0 Å². The van der Waals surface area contributed by atoms with Gasteiger partial charge < -0.3 is 14.9 Å². The molecule has 0 bridgehead atoms. The van der Waals surface area contributed by atoms with Crippen LogP contribution in [0.25, 0.3) is 0 Å². The van der Waals surface area contributed by atoms with Gasteiger partial charge >= 0.3 is 0 Å². The molecule has 1 aliphatic rings. The number of piperazine rings is 1. The molecule has 0 atom stereocenters. The van der Waals surface area contributed by atoms with Gasteiger partial charge in [0.2, 0.25) is 11.8 Å². The van der Waals surface area contributed by atoms with Crippen LogP contribution in [0.1, 0.15) is 32.3 Å². The summed E-state index contributed by atoms with van der Waals surface area (Å²) >= 11 is 0. The summed E-state index contributed by atoms with van der Waals surface area (Å²) in [6.45, 7) is 8.80. The average Bonchev–Trinajstić information content (AvgIpc) is 2.46. The molecule has 1 fully saturated rings. The normalized spacial score (nSPS) is 16.6. The number of H-pyrrole nitrogens is 1. The summed E-state index contributed by atoms with van der Waals surface area (Å²) in [7, 11) is 0. The summed E-state index contributed by atoms with van der Waals surface area (Å²) in [5, 5.41) is 9.96. The van der Waals surface area contributed by atoms with Crippen molar-refractivity contribution < 1.29 is 5.11 Å². The fraction of sp³-hybridized carbons (Fsp3) is 0.714. The third-order valence-electron chi connectivity index (χ3n) is 3.88. The van der Waals surface area contributed by atoms with E-state index in [2.05, 4.69) is 28.7 Å². The highest BCUT2D eigenvalue weighted by Gasteiger charge is 2.19. The van der Waals surface area contributed by atoms with Crippen LogP contribution < -0.4 is 10.5 Å². The van der Waals surface area contributed by atoms with Gasteiger partial charge in [-0.05, 0) is 19.4 Å². The molecular weight excluding hydrogens is 256 g/mol. The molecule has 2 N–H and O–H groups in total. The van der Waals surface area contributed by atoms with Crippen LogP contribution in [-0.2, 0) is 6.42 Å². The van der Waals surface area contributed by atoms with Gasteiger partial charge in [0, 0.05) is 26.2 Å². The van der Waals surface area contributed by atoms with Gasteiger partial charge in [0.1, 0.15) is 0 Å². The van der Waals surface area contributed by atoms with E-state index in [0.29, 0.717) is 17.9 Å². The van der Waals surface area contributed by atoms with Crippen LogP contribution in [-0.4, -0.2) is 52.7 Å². The Balaban J connectivity index is 2.12. The van der Waals surface area contributed by atoms with Gasteiger partial charge in [-0.2, -0.15) is 4.98 Å². The zero-order valence-corrected chi connectivity index (χ0v) is 12.4. The highest BCUT2D eigenvalue weighted by Crippen LogP contribution is 2.17. The number of likely N-dealkylation sites (N-methyl/N-ethyl adjacent to an activating group) is 1. The number of unbranched alkanes of at least 4 members (excludes halogenated alkanes) is 1. The summed E-state index contributed by atoms with van der Waals surface area (Å²) < 4.78 is 0. The molecule has 0 radical (unpaired) electrons. The molecule has 2 rings (SSSR count). The van der Waals surface area contributed by atoms with E-state index in [-0.39, 0.29) is 11.4 Å². The quantitative estimate of drug-likeness (QED) is 0.840. The van der Waals surface area contributed by atoms with Crippen LogP contribution in [0.5, 0.6) is 5.88 Å². The van der Waals surface area contributed by atoms with Crippen molar-refractivity contribution in [2.75, 3.05) is 37.6 Å². The predicted octanol–water partition coefficient (Wildman–Crippen LogP) is 0.960. The maximum absolute atomic E-state index is 12.0. The molecule has 1 aromatic heterocycles. The number of aromatic nitrogens is 2. The predicted molar refractivity (Wildman–Crippen MR) is 79.5 cm³/mol. The molecule has 6 nitrogen and oxygen atoms in total. The van der Waals surface area contributed by atoms with Gasteiger partial charge in [0.15, 0.2) is 0 Å². The largest absolute Gasteiger partial charge is 0.493 e. The number of hydrogen-bond donors (Lipinski definition) is 2. The number of nitrogens with zero attached hydrogens (tertiary/aromatic N) is 3. The molecule has 0 amide bonds. The fourth-order valence-electron chi connectivity index (χ4n) is 2.48. The van der Waals surface area contributed by atoms with Gasteiger partial charge in [-0.1, -0.05) is 20.3 Å². The van der Waals surface area contributed by atoms with E-state index in [1.807, 2.05) is 4.90 Å². The van der Waals surface area contributed by atoms with Crippen molar-refractivity contribution in [1.82, 2.24) is 14.9 Å². The van der Waals surface area contributed by atoms with Crippen molar-refractivity contribution in [3.63, 3.8) is 0 Å². The molecule has 0 saturated carbocycles. The average molecular weight is 280 g/mol. The molecule has 0 aromatic carbocycles. The molecule has 1 saturated heterocycles. The number of rotatable bonds is 5. The maximum atomic E-state index is 12.0. The Morgan fingerprint density at radius 1 is 1.25 bits per heavy atom. The summed E-state index contributed by atoms with van der Waals surface area (Å²) in [4.78, 5) is 23.4. The van der Waals surface area contributed by atoms with Crippen LogP contribution >= 0.6 is 0 Å². The first-order valence-corrected chi connectivity index (χ1v) is 7.45. The summed E-state index contributed by atoms with van der Waals surface area (Å²) in [6, 6.07) is 0. The van der Waals surface area contributed by atoms with Gasteiger partial charge in [0.25, 0.3) is 5.56 Å². The second kappa shape index (κ2) is 6.74. The zero-order valence-electron chi connectivity index (χ0n) is 12.4. The number of nitrogens with one attached hydrogen (secondary N) is 1. The first-order valence-electron chi connectivity index (χ1n) is 7.45. The highest BCUT2D eigenvalue weighted by molar-refractivity contribution is 5.36. The van der Waals surface area contributed by atoms with Crippen molar-refractivity contribution >= 4 is 5.95 Å². The molecule has 1 aromatic rings. The monoisotopic (exact) mass is 280 g/mol. The van der Waals surface area contributed by atoms with Gasteiger partial charge in [-0.15, -0.1) is 0 Å². The van der Waals surface area contributed by atoms with E-state index in [1.54, 1.807) is 0 Å². The standard InChI is InChI=1S/C14H24N4O2/c1-3-5-6-11-12(19)15-14(16-13(11)20)18-9-7-17(4-2)8-10-18/h3-10H2,1-2H3,(H2,15,16,19,20). The highest BCUT2D eigenvalue weighted by atomic mass is 16.3. The lowest BCUT2D eigenvalue weighted by Gasteiger charge is -2.34. The third kappa shape index (κ3) is 3.30. The van der Waals surface area contributed by atoms with Crippen molar-refractivity contribution in [2.45, 2.75) is 33.1 Å². The lowest BCUT2D eigenvalue weighted by molar-refractivity contribution is 0.269. The Bertz CT molecular complexity index is 492. The molecule has 0 unspecified atom stereocenters. The molecule has 0 spiro atoms. The summed E-state index contributed by atoms with van der Waals surface area (Å²) in [5.41, 5.74) is 0.196. The minimum absolute atomic E-state index is 0.116. The Kier molecular flexibility index (Phi) is 5.00. The SMILES string of the molecule is CCCCc1c(O)nc(N2CCN(CC)CC2)[nH]c1=O. The van der Waals surface area contributed by atoms with Gasteiger partial charge in [-0.3, -0.25) is 9.78 Å². The smallest absolute Gasteiger partial charge is 0.259 e. The van der Waals surface area contributed by atoms with E-state index in [9.17, 15) is 9.90 Å². The molecular formula is C14H24N4O2. The Morgan fingerprint density at radius 2 is 1.95 bits per heavy atom. The topological polar surface area (TPSA) is 72.5 Å². The molecule has 6 heteroatoms. The van der Waals surface area contributed by atoms with Crippen molar-refractivity contribution in [1.29, 1.82) is 0 Å². The molecule has 1 aliphatic heterocycles. The zero-order chi connectivity index (χ0) is 14.5. The third-order valence-corrected chi connectivity index (χ3v) is 3.88. The van der Waals surface area contributed by atoms with Crippen LogP contribution in [0.3, 0.4) is 0 Å². The minimum atomic E-state index is -0.209. The summed E-state index contributed by atoms with van der Waals surface area (Å²) in [6.07, 6.45) is 2.45. The van der Waals surface area contributed by atoms with Crippen molar-refractivity contribution in [3.8, 4) is 5.88 Å². The Morgan fingerprint density at radius 3 is 2.50 bits per heavy atom. The fourth-order valence-corrected chi connectivity index (χ4v) is 2.48. The molecule has 20 heavy (non-hydrogen) atoms. The number of hydrogen-bond acceptors (Lipinski definition) is 5. The van der Waals surface area contributed by atoms with Crippen LogP contribution in [0.4, 0.5) is 5.95 Å². The van der Waals surface area contributed by atoms with Gasteiger partial charge in [-0.25, -0.2) is 0 Å². The lowest BCUT2D eigenvalue weighted by atomic mass is 10.1. The van der Waals surface area contributed by atoms with E-state index >= 15 is 0 Å². The first-order chi connectivity index (χ1) is 9.65. The van der Waals surface area contributed by atoms with Gasteiger partial charge in [0.05, 0.1) is 5.56 Å². The number of aromatic amines is 1. The van der Waals surface area contributed by atoms with E-state index < -0.39 is 0 Å². The van der Waals surface area contributed by atoms with Crippen LogP contribution in [0, 0.1) is 0 Å². The first kappa shape index (κ1) is 14.8. The van der Waals surface area contributed by atoms with E-state index in [4.69, 9.17) is 0 Å². The molecule has 112 valence electrons. The molecule has 0 aliphatic carbocycles. The second-order valence-corrected chi connectivity index (χ2v) is 5.22.